The quantitative estimate of drug-likeness (QED) is 0.690. The first kappa shape index (κ1) is 13.1. The zero-order valence-corrected chi connectivity index (χ0v) is 12.3. The molecule has 0 saturated carbocycles. The van der Waals surface area contributed by atoms with Crippen LogP contribution in [0.3, 0.4) is 0 Å². The smallest absolute Gasteiger partial charge is 0.306 e. The molecule has 0 radical (unpaired) electrons. The van der Waals surface area contributed by atoms with Gasteiger partial charge in [-0.15, -0.1) is 11.3 Å². The zero-order valence-electron chi connectivity index (χ0n) is 11.5. The number of aromatic nitrogens is 2. The monoisotopic (exact) mass is 287 g/mol. The van der Waals surface area contributed by atoms with E-state index in [1.54, 1.807) is 0 Å². The third kappa shape index (κ3) is 2.69. The van der Waals surface area contributed by atoms with Gasteiger partial charge in [0.25, 0.3) is 0 Å². The molecule has 3 N–H and O–H groups in total. The topological polar surface area (TPSA) is 60.7 Å². The molecule has 0 spiro atoms. The van der Waals surface area contributed by atoms with E-state index >= 15 is 0 Å². The maximum atomic E-state index is 11.3. The summed E-state index contributed by atoms with van der Waals surface area (Å²) in [7, 11) is 0. The van der Waals surface area contributed by atoms with Crippen molar-refractivity contribution in [2.24, 2.45) is 0 Å². The molecule has 0 aliphatic heterocycles. The van der Waals surface area contributed by atoms with Gasteiger partial charge in [0.1, 0.15) is 0 Å². The fourth-order valence-corrected chi connectivity index (χ4v) is 3.11. The fourth-order valence-electron chi connectivity index (χ4n) is 2.27. The van der Waals surface area contributed by atoms with Crippen LogP contribution < -0.4 is 11.0 Å². The molecule has 2 aromatic heterocycles. The van der Waals surface area contributed by atoms with Crippen LogP contribution in [-0.2, 0) is 6.54 Å². The lowest BCUT2D eigenvalue weighted by Crippen LogP contribution is -2.17. The van der Waals surface area contributed by atoms with E-state index in [0.717, 1.165) is 17.6 Å². The number of hydrogen-bond acceptors (Lipinski definition) is 3. The molecule has 2 heterocycles. The second kappa shape index (κ2) is 5.26. The molecule has 0 amide bonds. The molecule has 104 valence electrons. The fraction of sp³-hybridized carbons (Fsp3) is 0.267. The number of rotatable bonds is 4. The Balaban J connectivity index is 1.74. The molecule has 0 fully saturated rings. The Morgan fingerprint density at radius 3 is 2.75 bits per heavy atom. The van der Waals surface area contributed by atoms with E-state index < -0.39 is 0 Å². The third-order valence-corrected chi connectivity index (χ3v) is 4.42. The number of aromatic amines is 2. The van der Waals surface area contributed by atoms with Crippen molar-refractivity contribution in [3.63, 3.8) is 0 Å². The number of aryl methyl sites for hydroxylation is 1. The second-order valence-electron chi connectivity index (χ2n) is 5.00. The van der Waals surface area contributed by atoms with Crippen LogP contribution in [0.25, 0.3) is 11.0 Å². The van der Waals surface area contributed by atoms with Gasteiger partial charge in [-0.25, -0.2) is 4.79 Å². The summed E-state index contributed by atoms with van der Waals surface area (Å²) in [5.74, 6) is 0. The first-order valence-electron chi connectivity index (χ1n) is 6.62. The van der Waals surface area contributed by atoms with E-state index in [-0.39, 0.29) is 11.7 Å². The van der Waals surface area contributed by atoms with Crippen LogP contribution in [-0.4, -0.2) is 9.97 Å². The number of benzene rings is 1. The normalized spacial score (nSPS) is 12.9. The van der Waals surface area contributed by atoms with Crippen LogP contribution in [0.15, 0.2) is 35.1 Å². The number of thiophene rings is 1. The summed E-state index contributed by atoms with van der Waals surface area (Å²) in [5.41, 5.74) is 2.71. The first-order chi connectivity index (χ1) is 9.61. The minimum absolute atomic E-state index is 0.160. The second-order valence-corrected chi connectivity index (χ2v) is 6.37. The summed E-state index contributed by atoms with van der Waals surface area (Å²) < 4.78 is 0. The van der Waals surface area contributed by atoms with Crippen molar-refractivity contribution in [1.82, 2.24) is 15.3 Å². The van der Waals surface area contributed by atoms with Crippen LogP contribution in [0, 0.1) is 6.92 Å². The Labute approximate surface area is 120 Å². The van der Waals surface area contributed by atoms with Gasteiger partial charge in [0.15, 0.2) is 0 Å². The van der Waals surface area contributed by atoms with E-state index in [1.165, 1.54) is 15.3 Å². The Kier molecular flexibility index (Phi) is 3.46. The number of imidazole rings is 1. The molecule has 3 rings (SSSR count). The van der Waals surface area contributed by atoms with Gasteiger partial charge in [-0.3, -0.25) is 0 Å². The molecular weight excluding hydrogens is 270 g/mol. The van der Waals surface area contributed by atoms with E-state index in [1.807, 2.05) is 29.5 Å². The standard InChI is InChI=1S/C15H17N3OS/c1-9-3-5-12(20-9)8-16-10(2)11-4-6-13-14(7-11)18-15(19)17-13/h3-7,10,16H,8H2,1-2H3,(H2,17,18,19)/t10-/m0/s1. The van der Waals surface area contributed by atoms with Crippen molar-refractivity contribution >= 4 is 22.4 Å². The molecule has 0 saturated heterocycles. The lowest BCUT2D eigenvalue weighted by atomic mass is 10.1. The molecule has 4 nitrogen and oxygen atoms in total. The van der Waals surface area contributed by atoms with Crippen LogP contribution in [0.5, 0.6) is 0 Å². The average Bonchev–Trinajstić information content (AvgIpc) is 2.99. The van der Waals surface area contributed by atoms with Crippen molar-refractivity contribution in [3.05, 3.63) is 56.1 Å². The Morgan fingerprint density at radius 2 is 2.00 bits per heavy atom. The highest BCUT2D eigenvalue weighted by molar-refractivity contribution is 7.11. The molecule has 0 bridgehead atoms. The average molecular weight is 287 g/mol. The van der Waals surface area contributed by atoms with Crippen molar-refractivity contribution < 1.29 is 0 Å². The summed E-state index contributed by atoms with van der Waals surface area (Å²) in [5, 5.41) is 3.51. The molecule has 5 heteroatoms. The van der Waals surface area contributed by atoms with Gasteiger partial charge < -0.3 is 15.3 Å². The number of nitrogens with one attached hydrogen (secondary N) is 3. The van der Waals surface area contributed by atoms with Crippen LogP contribution >= 0.6 is 11.3 Å². The lowest BCUT2D eigenvalue weighted by Gasteiger charge is -2.13. The SMILES string of the molecule is Cc1ccc(CN[C@@H](C)c2ccc3[nH]c(=O)[nH]c3c2)s1. The highest BCUT2D eigenvalue weighted by atomic mass is 32.1. The maximum absolute atomic E-state index is 11.3. The zero-order chi connectivity index (χ0) is 14.1. The van der Waals surface area contributed by atoms with Gasteiger partial charge in [0, 0.05) is 22.3 Å². The summed E-state index contributed by atoms with van der Waals surface area (Å²) >= 11 is 1.82. The van der Waals surface area contributed by atoms with Crippen molar-refractivity contribution in [2.75, 3.05) is 0 Å². The molecular formula is C15H17N3OS. The molecule has 1 aromatic carbocycles. The number of hydrogen-bond donors (Lipinski definition) is 3. The van der Waals surface area contributed by atoms with Crippen molar-refractivity contribution in [3.8, 4) is 0 Å². The van der Waals surface area contributed by atoms with Gasteiger partial charge in [0.05, 0.1) is 11.0 Å². The van der Waals surface area contributed by atoms with Gasteiger partial charge in [0.2, 0.25) is 0 Å². The van der Waals surface area contributed by atoms with Crippen LogP contribution in [0.1, 0.15) is 28.3 Å². The first-order valence-corrected chi connectivity index (χ1v) is 7.44. The highest BCUT2D eigenvalue weighted by Gasteiger charge is 2.07. The van der Waals surface area contributed by atoms with Crippen LogP contribution in [0.2, 0.25) is 0 Å². The largest absolute Gasteiger partial charge is 0.323 e. The van der Waals surface area contributed by atoms with Gasteiger partial charge in [-0.05, 0) is 43.7 Å². The van der Waals surface area contributed by atoms with Gasteiger partial charge in [-0.2, -0.15) is 0 Å². The van der Waals surface area contributed by atoms with E-state index in [9.17, 15) is 4.79 Å². The molecule has 20 heavy (non-hydrogen) atoms. The minimum atomic E-state index is -0.160. The molecule has 3 aromatic rings. The summed E-state index contributed by atoms with van der Waals surface area (Å²) in [6.45, 7) is 5.11. The van der Waals surface area contributed by atoms with Gasteiger partial charge >= 0.3 is 5.69 Å². The minimum Gasteiger partial charge on any atom is -0.306 e. The van der Waals surface area contributed by atoms with Crippen molar-refractivity contribution in [1.29, 1.82) is 0 Å². The molecule has 1 atom stereocenters. The number of fused-ring (bicyclic) bond motifs is 1. The summed E-state index contributed by atoms with van der Waals surface area (Å²) in [6.07, 6.45) is 0. The third-order valence-electron chi connectivity index (χ3n) is 3.42. The summed E-state index contributed by atoms with van der Waals surface area (Å²) in [4.78, 5) is 19.5. The molecule has 0 aliphatic rings. The Morgan fingerprint density at radius 1 is 1.20 bits per heavy atom. The number of H-pyrrole nitrogens is 2. The summed E-state index contributed by atoms with van der Waals surface area (Å²) in [6, 6.07) is 10.5. The van der Waals surface area contributed by atoms with Crippen LogP contribution in [0.4, 0.5) is 0 Å². The van der Waals surface area contributed by atoms with Crippen molar-refractivity contribution in [2.45, 2.75) is 26.4 Å². The maximum Gasteiger partial charge on any atom is 0.323 e. The predicted molar refractivity (Wildman–Crippen MR) is 83.2 cm³/mol. The lowest BCUT2D eigenvalue weighted by molar-refractivity contribution is 0.579. The highest BCUT2D eigenvalue weighted by Crippen LogP contribution is 2.19. The van der Waals surface area contributed by atoms with E-state index in [2.05, 4.69) is 41.3 Å². The molecule has 0 unspecified atom stereocenters. The van der Waals surface area contributed by atoms with Gasteiger partial charge in [-0.1, -0.05) is 6.07 Å². The Bertz CT molecular complexity index is 784. The molecule has 0 aliphatic carbocycles. The van der Waals surface area contributed by atoms with E-state index in [0.29, 0.717) is 0 Å². The predicted octanol–water partition coefficient (Wildman–Crippen LogP) is 3.08. The van der Waals surface area contributed by atoms with E-state index in [4.69, 9.17) is 0 Å². The Hall–Kier alpha value is -1.85.